The average molecular weight is 239 g/mol. The summed E-state index contributed by atoms with van der Waals surface area (Å²) >= 11 is 0. The second-order valence-electron chi connectivity index (χ2n) is 5.29. The molecular weight excluding hydrogens is 214 g/mol. The predicted octanol–water partition coefficient (Wildman–Crippen LogP) is 0.729. The van der Waals surface area contributed by atoms with E-state index in [2.05, 4.69) is 22.5 Å². The minimum absolute atomic E-state index is 0.156. The number of hydrogen-bond acceptors (Lipinski definition) is 3. The van der Waals surface area contributed by atoms with Gasteiger partial charge in [0.2, 0.25) is 5.91 Å². The van der Waals surface area contributed by atoms with Crippen molar-refractivity contribution in [1.29, 1.82) is 0 Å². The molecule has 1 saturated carbocycles. The summed E-state index contributed by atoms with van der Waals surface area (Å²) < 4.78 is 0. The van der Waals surface area contributed by atoms with Crippen LogP contribution in [0.25, 0.3) is 0 Å². The largest absolute Gasteiger partial charge is 0.352 e. The van der Waals surface area contributed by atoms with Crippen LogP contribution in [0.15, 0.2) is 0 Å². The van der Waals surface area contributed by atoms with Gasteiger partial charge < -0.3 is 15.5 Å². The minimum atomic E-state index is 0.156. The van der Waals surface area contributed by atoms with E-state index in [9.17, 15) is 4.79 Å². The number of hydrogen-bond donors (Lipinski definition) is 2. The Morgan fingerprint density at radius 2 is 1.94 bits per heavy atom. The first-order chi connectivity index (χ1) is 8.29. The van der Waals surface area contributed by atoms with Crippen LogP contribution < -0.4 is 10.6 Å². The standard InChI is InChI=1S/C13H25N3O/c1-2-7-14-10-13(17)15-11-5-8-16(9-6-11)12-3-4-12/h11-12,14H,2-10H2,1H3,(H,15,17). The van der Waals surface area contributed by atoms with E-state index in [0.29, 0.717) is 12.6 Å². The summed E-state index contributed by atoms with van der Waals surface area (Å²) in [5.41, 5.74) is 0. The van der Waals surface area contributed by atoms with Crippen LogP contribution in [0.2, 0.25) is 0 Å². The van der Waals surface area contributed by atoms with Crippen molar-refractivity contribution >= 4 is 5.91 Å². The molecule has 0 unspecified atom stereocenters. The van der Waals surface area contributed by atoms with Crippen molar-refractivity contribution in [2.75, 3.05) is 26.2 Å². The summed E-state index contributed by atoms with van der Waals surface area (Å²) in [6.07, 6.45) is 6.09. The van der Waals surface area contributed by atoms with Crippen molar-refractivity contribution in [3.63, 3.8) is 0 Å². The highest BCUT2D eigenvalue weighted by Gasteiger charge is 2.31. The zero-order valence-electron chi connectivity index (χ0n) is 10.9. The molecule has 2 aliphatic rings. The van der Waals surface area contributed by atoms with Crippen molar-refractivity contribution in [1.82, 2.24) is 15.5 Å². The highest BCUT2D eigenvalue weighted by atomic mass is 16.1. The lowest BCUT2D eigenvalue weighted by Crippen LogP contribution is -2.47. The first-order valence-corrected chi connectivity index (χ1v) is 7.03. The average Bonchev–Trinajstić information content (AvgIpc) is 3.14. The van der Waals surface area contributed by atoms with E-state index in [1.165, 1.54) is 12.8 Å². The molecule has 2 fully saturated rings. The number of amides is 1. The van der Waals surface area contributed by atoms with Gasteiger partial charge in [-0.1, -0.05) is 6.92 Å². The number of nitrogens with one attached hydrogen (secondary N) is 2. The zero-order valence-corrected chi connectivity index (χ0v) is 10.9. The van der Waals surface area contributed by atoms with Crippen LogP contribution in [0.4, 0.5) is 0 Å². The van der Waals surface area contributed by atoms with Crippen LogP contribution in [0, 0.1) is 0 Å². The topological polar surface area (TPSA) is 44.4 Å². The second kappa shape index (κ2) is 6.36. The highest BCUT2D eigenvalue weighted by molar-refractivity contribution is 5.78. The first-order valence-electron chi connectivity index (χ1n) is 7.03. The normalized spacial score (nSPS) is 22.6. The van der Waals surface area contributed by atoms with E-state index in [1.807, 2.05) is 0 Å². The maximum Gasteiger partial charge on any atom is 0.234 e. The van der Waals surface area contributed by atoms with Crippen molar-refractivity contribution in [3.05, 3.63) is 0 Å². The zero-order chi connectivity index (χ0) is 12.1. The van der Waals surface area contributed by atoms with Crippen LogP contribution in [0.3, 0.4) is 0 Å². The van der Waals surface area contributed by atoms with E-state index in [0.717, 1.165) is 44.9 Å². The van der Waals surface area contributed by atoms with Crippen molar-refractivity contribution in [2.24, 2.45) is 0 Å². The fourth-order valence-electron chi connectivity index (χ4n) is 2.51. The maximum absolute atomic E-state index is 11.6. The Bertz CT molecular complexity index is 245. The molecule has 0 radical (unpaired) electrons. The number of nitrogens with zero attached hydrogens (tertiary/aromatic N) is 1. The minimum Gasteiger partial charge on any atom is -0.352 e. The third kappa shape index (κ3) is 4.28. The van der Waals surface area contributed by atoms with Crippen LogP contribution in [0.5, 0.6) is 0 Å². The molecule has 1 amide bonds. The Morgan fingerprint density at radius 3 is 2.53 bits per heavy atom. The summed E-state index contributed by atoms with van der Waals surface area (Å²) in [6.45, 7) is 5.83. The van der Waals surface area contributed by atoms with E-state index >= 15 is 0 Å². The van der Waals surface area contributed by atoms with Crippen molar-refractivity contribution in [3.8, 4) is 0 Å². The van der Waals surface area contributed by atoms with E-state index < -0.39 is 0 Å². The lowest BCUT2D eigenvalue weighted by Gasteiger charge is -2.32. The molecule has 4 heteroatoms. The smallest absolute Gasteiger partial charge is 0.234 e. The van der Waals surface area contributed by atoms with Gasteiger partial charge in [0.05, 0.1) is 6.54 Å². The number of carbonyl (C=O) groups is 1. The van der Waals surface area contributed by atoms with Crippen LogP contribution in [0.1, 0.15) is 39.0 Å². The van der Waals surface area contributed by atoms with E-state index in [1.54, 1.807) is 0 Å². The third-order valence-electron chi connectivity index (χ3n) is 3.67. The molecule has 2 N–H and O–H groups in total. The molecule has 1 aliphatic carbocycles. The number of likely N-dealkylation sites (tertiary alicyclic amines) is 1. The summed E-state index contributed by atoms with van der Waals surface area (Å²) in [4.78, 5) is 14.2. The Morgan fingerprint density at radius 1 is 1.24 bits per heavy atom. The van der Waals surface area contributed by atoms with Crippen molar-refractivity contribution in [2.45, 2.75) is 51.1 Å². The molecule has 0 aromatic carbocycles. The third-order valence-corrected chi connectivity index (χ3v) is 3.67. The first kappa shape index (κ1) is 12.8. The van der Waals surface area contributed by atoms with Gasteiger partial charge in [-0.05, 0) is 38.6 Å². The molecule has 17 heavy (non-hydrogen) atoms. The van der Waals surface area contributed by atoms with E-state index in [-0.39, 0.29) is 5.91 Å². The Labute approximate surface area is 104 Å². The highest BCUT2D eigenvalue weighted by Crippen LogP contribution is 2.29. The molecule has 0 spiro atoms. The quantitative estimate of drug-likeness (QED) is 0.672. The molecule has 1 saturated heterocycles. The molecule has 0 atom stereocenters. The van der Waals surface area contributed by atoms with Crippen LogP contribution in [-0.2, 0) is 4.79 Å². The molecular formula is C13H25N3O. The maximum atomic E-state index is 11.6. The number of carbonyl (C=O) groups excluding carboxylic acids is 1. The number of rotatable bonds is 6. The lowest BCUT2D eigenvalue weighted by atomic mass is 10.0. The monoisotopic (exact) mass is 239 g/mol. The van der Waals surface area contributed by atoms with Gasteiger partial charge in [-0.2, -0.15) is 0 Å². The van der Waals surface area contributed by atoms with Gasteiger partial charge >= 0.3 is 0 Å². The van der Waals surface area contributed by atoms with Crippen LogP contribution in [-0.4, -0.2) is 49.1 Å². The molecule has 2 rings (SSSR count). The van der Waals surface area contributed by atoms with Gasteiger partial charge in [-0.15, -0.1) is 0 Å². The van der Waals surface area contributed by atoms with E-state index in [4.69, 9.17) is 0 Å². The Hall–Kier alpha value is -0.610. The number of piperidine rings is 1. The Balaban J connectivity index is 1.58. The molecule has 0 bridgehead atoms. The molecule has 0 aromatic heterocycles. The van der Waals surface area contributed by atoms with Gasteiger partial charge in [-0.25, -0.2) is 0 Å². The molecule has 1 aliphatic heterocycles. The fourth-order valence-corrected chi connectivity index (χ4v) is 2.51. The van der Waals surface area contributed by atoms with Gasteiger partial charge in [-0.3, -0.25) is 4.79 Å². The Kier molecular flexibility index (Phi) is 4.80. The second-order valence-corrected chi connectivity index (χ2v) is 5.29. The molecule has 4 nitrogen and oxygen atoms in total. The SMILES string of the molecule is CCCNCC(=O)NC1CCN(C2CC2)CC1. The lowest BCUT2D eigenvalue weighted by molar-refractivity contribution is -0.121. The van der Waals surface area contributed by atoms with Gasteiger partial charge in [0.1, 0.15) is 0 Å². The molecule has 98 valence electrons. The summed E-state index contributed by atoms with van der Waals surface area (Å²) in [6, 6.07) is 1.28. The van der Waals surface area contributed by atoms with Gasteiger partial charge in [0, 0.05) is 25.2 Å². The predicted molar refractivity (Wildman–Crippen MR) is 68.9 cm³/mol. The summed E-state index contributed by atoms with van der Waals surface area (Å²) in [7, 11) is 0. The molecule has 1 heterocycles. The molecule has 0 aromatic rings. The summed E-state index contributed by atoms with van der Waals surface area (Å²) in [5.74, 6) is 0.156. The van der Waals surface area contributed by atoms with Crippen molar-refractivity contribution < 1.29 is 4.79 Å². The van der Waals surface area contributed by atoms with Gasteiger partial charge in [0.25, 0.3) is 0 Å². The summed E-state index contributed by atoms with van der Waals surface area (Å²) in [5, 5.41) is 6.27. The van der Waals surface area contributed by atoms with Crippen LogP contribution >= 0.6 is 0 Å². The van der Waals surface area contributed by atoms with Gasteiger partial charge in [0.15, 0.2) is 0 Å². The fraction of sp³-hybridized carbons (Fsp3) is 0.923.